The number of rotatable bonds is 6. The molecule has 0 aliphatic carbocycles. The third kappa shape index (κ3) is 4.14. The zero-order valence-electron chi connectivity index (χ0n) is 14.6. The second kappa shape index (κ2) is 8.19. The van der Waals surface area contributed by atoms with E-state index in [4.69, 9.17) is 9.26 Å². The van der Waals surface area contributed by atoms with Crippen molar-refractivity contribution >= 4 is 21.8 Å². The molecule has 0 aliphatic heterocycles. The quantitative estimate of drug-likeness (QED) is 0.632. The number of nitrogens with one attached hydrogen (secondary N) is 1. The van der Waals surface area contributed by atoms with Gasteiger partial charge in [-0.25, -0.2) is 0 Å². The largest absolute Gasteiger partial charge is 0.488 e. The summed E-state index contributed by atoms with van der Waals surface area (Å²) in [6, 6.07) is 15.4. The van der Waals surface area contributed by atoms with Gasteiger partial charge in [0.2, 0.25) is 0 Å². The summed E-state index contributed by atoms with van der Waals surface area (Å²) in [6.07, 6.45) is 0. The number of amides is 1. The Balaban J connectivity index is 1.90. The number of hydrogen-bond donors (Lipinski definition) is 1. The topological polar surface area (TPSA) is 64.4 Å². The molecule has 2 aromatic carbocycles. The molecule has 0 atom stereocenters. The lowest BCUT2D eigenvalue weighted by atomic mass is 10.1. The minimum Gasteiger partial charge on any atom is -0.488 e. The Hall–Kier alpha value is -2.60. The van der Waals surface area contributed by atoms with Crippen LogP contribution in [0.25, 0.3) is 11.3 Å². The van der Waals surface area contributed by atoms with Gasteiger partial charge in [-0.2, -0.15) is 0 Å². The molecule has 1 amide bonds. The normalized spacial score (nSPS) is 10.6. The van der Waals surface area contributed by atoms with Gasteiger partial charge in [0.1, 0.15) is 12.4 Å². The molecule has 1 aromatic heterocycles. The van der Waals surface area contributed by atoms with E-state index in [1.165, 1.54) is 0 Å². The predicted octanol–water partition coefficient (Wildman–Crippen LogP) is 4.74. The first-order valence-electron chi connectivity index (χ1n) is 8.30. The number of ether oxygens (including phenoxy) is 1. The maximum Gasteiger partial charge on any atom is 0.273 e. The van der Waals surface area contributed by atoms with E-state index < -0.39 is 0 Å². The zero-order valence-corrected chi connectivity index (χ0v) is 16.2. The van der Waals surface area contributed by atoms with Crippen molar-refractivity contribution in [3.05, 3.63) is 69.8 Å². The first kappa shape index (κ1) is 18.2. The summed E-state index contributed by atoms with van der Waals surface area (Å²) in [7, 11) is 0. The highest BCUT2D eigenvalue weighted by molar-refractivity contribution is 9.10. The molecular formula is C20H19BrN2O3. The maximum atomic E-state index is 11.9. The maximum absolute atomic E-state index is 11.9. The van der Waals surface area contributed by atoms with E-state index in [1.54, 1.807) is 6.07 Å². The summed E-state index contributed by atoms with van der Waals surface area (Å²) in [6.45, 7) is 4.81. The van der Waals surface area contributed by atoms with Crippen LogP contribution in [0.5, 0.6) is 5.75 Å². The molecule has 26 heavy (non-hydrogen) atoms. The van der Waals surface area contributed by atoms with Crippen molar-refractivity contribution in [2.24, 2.45) is 0 Å². The van der Waals surface area contributed by atoms with E-state index in [-0.39, 0.29) is 11.6 Å². The van der Waals surface area contributed by atoms with Crippen LogP contribution in [-0.4, -0.2) is 17.6 Å². The van der Waals surface area contributed by atoms with Gasteiger partial charge in [0, 0.05) is 17.1 Å². The second-order valence-electron chi connectivity index (χ2n) is 5.81. The van der Waals surface area contributed by atoms with Crippen LogP contribution in [0.4, 0.5) is 0 Å². The van der Waals surface area contributed by atoms with Crippen LogP contribution in [0.3, 0.4) is 0 Å². The molecule has 0 spiro atoms. The average Bonchev–Trinajstić information content (AvgIpc) is 3.13. The summed E-state index contributed by atoms with van der Waals surface area (Å²) in [5.41, 5.74) is 3.09. The highest BCUT2D eigenvalue weighted by atomic mass is 79.9. The number of nitrogens with zero attached hydrogens (tertiary/aromatic N) is 1. The molecule has 0 aliphatic rings. The predicted molar refractivity (Wildman–Crippen MR) is 103 cm³/mol. The third-order valence-corrected chi connectivity index (χ3v) is 4.70. The van der Waals surface area contributed by atoms with E-state index in [1.807, 2.05) is 56.3 Å². The van der Waals surface area contributed by atoms with Gasteiger partial charge in [-0.3, -0.25) is 4.79 Å². The van der Waals surface area contributed by atoms with Crippen LogP contribution in [0.1, 0.15) is 28.5 Å². The van der Waals surface area contributed by atoms with E-state index in [0.717, 1.165) is 21.2 Å². The van der Waals surface area contributed by atoms with Gasteiger partial charge in [-0.15, -0.1) is 0 Å². The number of hydrogen-bond acceptors (Lipinski definition) is 4. The molecular weight excluding hydrogens is 396 g/mol. The number of halogens is 1. The van der Waals surface area contributed by atoms with Crippen molar-refractivity contribution < 1.29 is 14.1 Å². The Labute approximate surface area is 160 Å². The van der Waals surface area contributed by atoms with Crippen molar-refractivity contribution in [1.29, 1.82) is 0 Å². The minimum atomic E-state index is -0.263. The van der Waals surface area contributed by atoms with Crippen molar-refractivity contribution in [2.45, 2.75) is 20.5 Å². The van der Waals surface area contributed by atoms with Crippen LogP contribution < -0.4 is 10.1 Å². The van der Waals surface area contributed by atoms with Crippen molar-refractivity contribution in [2.75, 3.05) is 6.54 Å². The number of benzene rings is 2. The zero-order chi connectivity index (χ0) is 18.5. The molecule has 5 nitrogen and oxygen atoms in total. The van der Waals surface area contributed by atoms with Crippen LogP contribution >= 0.6 is 15.9 Å². The van der Waals surface area contributed by atoms with E-state index >= 15 is 0 Å². The lowest BCUT2D eigenvalue weighted by Crippen LogP contribution is -2.22. The number of carbonyl (C=O) groups is 1. The van der Waals surface area contributed by atoms with Crippen LogP contribution in [0.15, 0.2) is 57.5 Å². The Morgan fingerprint density at radius 1 is 1.23 bits per heavy atom. The lowest BCUT2D eigenvalue weighted by molar-refractivity contribution is 0.0947. The van der Waals surface area contributed by atoms with E-state index in [0.29, 0.717) is 24.7 Å². The van der Waals surface area contributed by atoms with Crippen molar-refractivity contribution in [3.8, 4) is 17.1 Å². The number of carbonyl (C=O) groups excluding carboxylic acids is 1. The Morgan fingerprint density at radius 2 is 2.00 bits per heavy atom. The van der Waals surface area contributed by atoms with Gasteiger partial charge in [-0.1, -0.05) is 51.4 Å². The Bertz CT molecular complexity index is 907. The highest BCUT2D eigenvalue weighted by Crippen LogP contribution is 2.35. The van der Waals surface area contributed by atoms with Gasteiger partial charge in [0.25, 0.3) is 5.91 Å². The number of aromatic nitrogens is 1. The summed E-state index contributed by atoms with van der Waals surface area (Å²) in [4.78, 5) is 11.9. The van der Waals surface area contributed by atoms with Gasteiger partial charge < -0.3 is 14.6 Å². The fourth-order valence-corrected chi connectivity index (χ4v) is 2.81. The molecule has 0 saturated carbocycles. The van der Waals surface area contributed by atoms with E-state index in [9.17, 15) is 4.79 Å². The Kier molecular flexibility index (Phi) is 5.73. The molecule has 0 saturated heterocycles. The molecule has 0 bridgehead atoms. The molecule has 6 heteroatoms. The lowest BCUT2D eigenvalue weighted by Gasteiger charge is -2.12. The molecule has 0 radical (unpaired) electrons. The molecule has 0 unspecified atom stereocenters. The smallest absolute Gasteiger partial charge is 0.273 e. The third-order valence-electron chi connectivity index (χ3n) is 3.84. The summed E-state index contributed by atoms with van der Waals surface area (Å²) in [5, 5.41) is 6.57. The molecule has 0 fully saturated rings. The van der Waals surface area contributed by atoms with Crippen LogP contribution in [0, 0.1) is 6.92 Å². The fraction of sp³-hybridized carbons (Fsp3) is 0.200. The summed E-state index contributed by atoms with van der Waals surface area (Å²) in [5.74, 6) is 0.892. The van der Waals surface area contributed by atoms with Crippen molar-refractivity contribution in [3.63, 3.8) is 0 Å². The Morgan fingerprint density at radius 3 is 2.73 bits per heavy atom. The fourth-order valence-electron chi connectivity index (χ4n) is 2.46. The molecule has 1 N–H and O–H groups in total. The van der Waals surface area contributed by atoms with Crippen molar-refractivity contribution in [1.82, 2.24) is 10.5 Å². The second-order valence-corrected chi connectivity index (χ2v) is 6.66. The van der Waals surface area contributed by atoms with Gasteiger partial charge in [0.05, 0.1) is 5.56 Å². The van der Waals surface area contributed by atoms with Gasteiger partial charge in [0.15, 0.2) is 11.5 Å². The number of aryl methyl sites for hydroxylation is 1. The first-order chi connectivity index (χ1) is 12.6. The van der Waals surface area contributed by atoms with Crippen LogP contribution in [0.2, 0.25) is 0 Å². The molecule has 134 valence electrons. The molecule has 1 heterocycles. The minimum absolute atomic E-state index is 0.243. The molecule has 3 aromatic rings. The first-order valence-corrected chi connectivity index (χ1v) is 9.10. The monoisotopic (exact) mass is 414 g/mol. The molecule has 3 rings (SSSR count). The van der Waals surface area contributed by atoms with Crippen LogP contribution in [-0.2, 0) is 6.61 Å². The highest BCUT2D eigenvalue weighted by Gasteiger charge is 2.17. The van der Waals surface area contributed by atoms with E-state index in [2.05, 4.69) is 26.4 Å². The van der Waals surface area contributed by atoms with Gasteiger partial charge in [-0.05, 0) is 37.1 Å². The average molecular weight is 415 g/mol. The SMILES string of the molecule is CCNC(=O)c1cc(-c2cc(Br)c(C)cc2OCc2ccccc2)on1. The summed E-state index contributed by atoms with van der Waals surface area (Å²) < 4.78 is 12.3. The van der Waals surface area contributed by atoms with Gasteiger partial charge >= 0.3 is 0 Å². The standard InChI is InChI=1S/C20H19BrN2O3/c1-3-22-20(24)17-11-19(26-23-17)15-10-16(21)13(2)9-18(15)25-12-14-7-5-4-6-8-14/h4-11H,3,12H2,1-2H3,(H,22,24). The summed E-state index contributed by atoms with van der Waals surface area (Å²) >= 11 is 3.54.